The summed E-state index contributed by atoms with van der Waals surface area (Å²) in [6.07, 6.45) is 1.82. The summed E-state index contributed by atoms with van der Waals surface area (Å²) >= 11 is 0. The number of hydrogen-bond donors (Lipinski definition) is 2. The third kappa shape index (κ3) is 4.22. The first-order valence-corrected chi connectivity index (χ1v) is 7.22. The number of para-hydroxylation sites is 1. The van der Waals surface area contributed by atoms with E-state index in [4.69, 9.17) is 0 Å². The Morgan fingerprint density at radius 1 is 1.32 bits per heavy atom. The first-order chi connectivity index (χ1) is 8.96. The van der Waals surface area contributed by atoms with E-state index in [1.165, 1.54) is 11.3 Å². The van der Waals surface area contributed by atoms with E-state index in [-0.39, 0.29) is 11.6 Å². The van der Waals surface area contributed by atoms with Gasteiger partial charge in [0.2, 0.25) is 0 Å². The van der Waals surface area contributed by atoms with Crippen LogP contribution in [0, 0.1) is 0 Å². The van der Waals surface area contributed by atoms with Crippen molar-refractivity contribution in [1.29, 1.82) is 0 Å². The highest BCUT2D eigenvalue weighted by molar-refractivity contribution is 5.54. The lowest BCUT2D eigenvalue weighted by atomic mass is 10.0. The average molecular weight is 262 g/mol. The van der Waals surface area contributed by atoms with Gasteiger partial charge in [0, 0.05) is 30.9 Å². The van der Waals surface area contributed by atoms with Gasteiger partial charge < -0.3 is 15.3 Å². The molecule has 1 atom stereocenters. The molecular formula is C16H26N2O. The lowest BCUT2D eigenvalue weighted by Gasteiger charge is -2.34. The maximum Gasteiger partial charge on any atom is 0.0715 e. The van der Waals surface area contributed by atoms with Crippen molar-refractivity contribution >= 4 is 5.69 Å². The van der Waals surface area contributed by atoms with Crippen molar-refractivity contribution in [2.75, 3.05) is 18.0 Å². The van der Waals surface area contributed by atoms with Crippen molar-refractivity contribution in [2.24, 2.45) is 0 Å². The Bertz CT molecular complexity index is 411. The molecule has 1 unspecified atom stereocenters. The number of piperidine rings is 1. The monoisotopic (exact) mass is 262 g/mol. The van der Waals surface area contributed by atoms with Crippen molar-refractivity contribution in [1.82, 2.24) is 5.32 Å². The van der Waals surface area contributed by atoms with Gasteiger partial charge in [-0.2, -0.15) is 0 Å². The second kappa shape index (κ2) is 5.93. The SMILES string of the molecule is CC(C)(C)NCc1ccccc1N1CCCC(O)C1. The molecule has 1 fully saturated rings. The van der Waals surface area contributed by atoms with Crippen molar-refractivity contribution in [3.05, 3.63) is 29.8 Å². The third-order valence-corrected chi connectivity index (χ3v) is 3.54. The zero-order valence-electron chi connectivity index (χ0n) is 12.3. The molecule has 0 saturated carbocycles. The average Bonchev–Trinajstić information content (AvgIpc) is 2.36. The molecule has 0 amide bonds. The Balaban J connectivity index is 2.11. The van der Waals surface area contributed by atoms with Gasteiger partial charge in [0.15, 0.2) is 0 Å². The van der Waals surface area contributed by atoms with E-state index in [1.807, 2.05) is 0 Å². The van der Waals surface area contributed by atoms with Crippen LogP contribution in [0.15, 0.2) is 24.3 Å². The van der Waals surface area contributed by atoms with Gasteiger partial charge in [-0.1, -0.05) is 18.2 Å². The summed E-state index contributed by atoms with van der Waals surface area (Å²) in [4.78, 5) is 2.31. The topological polar surface area (TPSA) is 35.5 Å². The quantitative estimate of drug-likeness (QED) is 0.878. The summed E-state index contributed by atoms with van der Waals surface area (Å²) in [5.74, 6) is 0. The molecule has 106 valence electrons. The highest BCUT2D eigenvalue weighted by atomic mass is 16.3. The zero-order valence-corrected chi connectivity index (χ0v) is 12.3. The molecule has 0 aromatic heterocycles. The molecular weight excluding hydrogens is 236 g/mol. The standard InChI is InChI=1S/C16H26N2O/c1-16(2,3)17-11-13-7-4-5-9-15(13)18-10-6-8-14(19)12-18/h4-5,7,9,14,17,19H,6,8,10-12H2,1-3H3. The molecule has 1 aliphatic heterocycles. The van der Waals surface area contributed by atoms with Gasteiger partial charge in [0.25, 0.3) is 0 Å². The molecule has 19 heavy (non-hydrogen) atoms. The number of aliphatic hydroxyl groups is 1. The Labute approximate surface area is 116 Å². The molecule has 0 aliphatic carbocycles. The largest absolute Gasteiger partial charge is 0.391 e. The van der Waals surface area contributed by atoms with Crippen LogP contribution in [0.3, 0.4) is 0 Å². The zero-order chi connectivity index (χ0) is 13.9. The third-order valence-electron chi connectivity index (χ3n) is 3.54. The molecule has 2 N–H and O–H groups in total. The summed E-state index contributed by atoms with van der Waals surface area (Å²) in [5, 5.41) is 13.4. The minimum Gasteiger partial charge on any atom is -0.391 e. The number of nitrogens with zero attached hydrogens (tertiary/aromatic N) is 1. The van der Waals surface area contributed by atoms with Crippen molar-refractivity contribution < 1.29 is 5.11 Å². The van der Waals surface area contributed by atoms with Crippen LogP contribution >= 0.6 is 0 Å². The Kier molecular flexibility index (Phi) is 4.48. The fraction of sp³-hybridized carbons (Fsp3) is 0.625. The van der Waals surface area contributed by atoms with Gasteiger partial charge in [-0.3, -0.25) is 0 Å². The lowest BCUT2D eigenvalue weighted by molar-refractivity contribution is 0.154. The molecule has 1 aliphatic rings. The Hall–Kier alpha value is -1.06. The highest BCUT2D eigenvalue weighted by Gasteiger charge is 2.20. The van der Waals surface area contributed by atoms with Crippen molar-refractivity contribution in [3.8, 4) is 0 Å². The highest BCUT2D eigenvalue weighted by Crippen LogP contribution is 2.24. The number of benzene rings is 1. The second-order valence-corrected chi connectivity index (χ2v) is 6.47. The van der Waals surface area contributed by atoms with Crippen LogP contribution in [0.25, 0.3) is 0 Å². The summed E-state index contributed by atoms with van der Waals surface area (Å²) in [7, 11) is 0. The number of rotatable bonds is 3. The molecule has 1 aromatic rings. The van der Waals surface area contributed by atoms with Gasteiger partial charge in [-0.05, 0) is 45.2 Å². The molecule has 3 heteroatoms. The normalized spacial score (nSPS) is 20.6. The fourth-order valence-corrected chi connectivity index (χ4v) is 2.50. The maximum atomic E-state index is 9.83. The lowest BCUT2D eigenvalue weighted by Crippen LogP contribution is -2.40. The molecule has 0 bridgehead atoms. The number of nitrogens with one attached hydrogen (secondary N) is 1. The van der Waals surface area contributed by atoms with Crippen LogP contribution in [0.4, 0.5) is 5.69 Å². The Morgan fingerprint density at radius 2 is 2.05 bits per heavy atom. The van der Waals surface area contributed by atoms with Crippen LogP contribution < -0.4 is 10.2 Å². The predicted molar refractivity (Wildman–Crippen MR) is 80.5 cm³/mol. The Morgan fingerprint density at radius 3 is 2.74 bits per heavy atom. The van der Waals surface area contributed by atoms with Gasteiger partial charge in [-0.15, -0.1) is 0 Å². The minimum atomic E-state index is -0.183. The summed E-state index contributed by atoms with van der Waals surface area (Å²) in [6, 6.07) is 8.51. The molecule has 2 rings (SSSR count). The molecule has 1 heterocycles. The number of β-amino-alcohol motifs (C(OH)–C–C–N with tert-alkyl or cyclic N) is 1. The van der Waals surface area contributed by atoms with Crippen LogP contribution in [0.1, 0.15) is 39.2 Å². The number of aliphatic hydroxyl groups excluding tert-OH is 1. The van der Waals surface area contributed by atoms with Crippen molar-refractivity contribution in [2.45, 2.75) is 51.8 Å². The molecule has 0 spiro atoms. The first kappa shape index (κ1) is 14.4. The van der Waals surface area contributed by atoms with Gasteiger partial charge in [0.05, 0.1) is 6.10 Å². The predicted octanol–water partition coefficient (Wildman–Crippen LogP) is 2.54. The van der Waals surface area contributed by atoms with E-state index in [2.05, 4.69) is 55.3 Å². The fourth-order valence-electron chi connectivity index (χ4n) is 2.50. The van der Waals surface area contributed by atoms with Gasteiger partial charge in [-0.25, -0.2) is 0 Å². The number of anilines is 1. The summed E-state index contributed by atoms with van der Waals surface area (Å²) in [5.41, 5.74) is 2.69. The second-order valence-electron chi connectivity index (χ2n) is 6.47. The summed E-state index contributed by atoms with van der Waals surface area (Å²) in [6.45, 7) is 9.21. The van der Waals surface area contributed by atoms with Gasteiger partial charge in [0.1, 0.15) is 0 Å². The first-order valence-electron chi connectivity index (χ1n) is 7.22. The van der Waals surface area contributed by atoms with E-state index in [9.17, 15) is 5.11 Å². The minimum absolute atomic E-state index is 0.120. The van der Waals surface area contributed by atoms with E-state index in [0.29, 0.717) is 0 Å². The summed E-state index contributed by atoms with van der Waals surface area (Å²) < 4.78 is 0. The van der Waals surface area contributed by atoms with Crippen LogP contribution in [-0.2, 0) is 6.54 Å². The maximum absolute atomic E-state index is 9.83. The van der Waals surface area contributed by atoms with E-state index in [0.717, 1.165) is 32.5 Å². The molecule has 0 radical (unpaired) electrons. The molecule has 1 aromatic carbocycles. The van der Waals surface area contributed by atoms with Gasteiger partial charge >= 0.3 is 0 Å². The van der Waals surface area contributed by atoms with E-state index in [1.54, 1.807) is 0 Å². The van der Waals surface area contributed by atoms with Crippen molar-refractivity contribution in [3.63, 3.8) is 0 Å². The van der Waals surface area contributed by atoms with E-state index >= 15 is 0 Å². The van der Waals surface area contributed by atoms with Crippen LogP contribution in [-0.4, -0.2) is 29.8 Å². The number of hydrogen-bond acceptors (Lipinski definition) is 3. The van der Waals surface area contributed by atoms with Crippen LogP contribution in [0.5, 0.6) is 0 Å². The van der Waals surface area contributed by atoms with Crippen LogP contribution in [0.2, 0.25) is 0 Å². The molecule has 3 nitrogen and oxygen atoms in total. The molecule has 1 saturated heterocycles. The smallest absolute Gasteiger partial charge is 0.0715 e. The van der Waals surface area contributed by atoms with E-state index < -0.39 is 0 Å².